The lowest BCUT2D eigenvalue weighted by atomic mass is 10.1. The van der Waals surface area contributed by atoms with Crippen molar-refractivity contribution < 1.29 is 18.0 Å². The molecule has 3 heterocycles. The van der Waals surface area contributed by atoms with Crippen molar-refractivity contribution in [2.24, 2.45) is 0 Å². The third-order valence-corrected chi connectivity index (χ3v) is 5.38. The number of alkyl halides is 3. The number of carbonyl (C=O) groups excluding carboxylic acids is 1. The van der Waals surface area contributed by atoms with Gasteiger partial charge in [-0.25, -0.2) is 4.98 Å². The van der Waals surface area contributed by atoms with Gasteiger partial charge in [0.25, 0.3) is 0 Å². The van der Waals surface area contributed by atoms with Gasteiger partial charge in [-0.2, -0.15) is 23.3 Å². The molecule has 0 bridgehead atoms. The molecular formula is C21H31F3N8O. The van der Waals surface area contributed by atoms with Crippen molar-refractivity contribution in [1.82, 2.24) is 29.5 Å². The van der Waals surface area contributed by atoms with Gasteiger partial charge < -0.3 is 20.4 Å². The number of aryl methyl sites for hydroxylation is 1. The van der Waals surface area contributed by atoms with Crippen molar-refractivity contribution >= 4 is 23.4 Å². The lowest BCUT2D eigenvalue weighted by Crippen LogP contribution is -2.36. The van der Waals surface area contributed by atoms with Crippen molar-refractivity contribution in [3.05, 3.63) is 23.7 Å². The number of piperidine rings is 1. The van der Waals surface area contributed by atoms with Crippen LogP contribution in [0, 0.1) is 6.92 Å². The first-order chi connectivity index (χ1) is 15.6. The summed E-state index contributed by atoms with van der Waals surface area (Å²) in [6.07, 6.45) is 0.888. The summed E-state index contributed by atoms with van der Waals surface area (Å²) < 4.78 is 42.2. The van der Waals surface area contributed by atoms with E-state index in [1.807, 2.05) is 19.0 Å². The summed E-state index contributed by atoms with van der Waals surface area (Å²) in [5.74, 6) is -0.137. The second kappa shape index (κ2) is 10.8. The number of aromatic nitrogens is 4. The lowest BCUT2D eigenvalue weighted by molar-refractivity contribution is -0.137. The number of nitrogens with zero attached hydrogens (tertiary/aromatic N) is 6. The second-order valence-electron chi connectivity index (χ2n) is 8.39. The number of likely N-dealkylation sites (N-methyl/N-ethyl adjacent to an activating group) is 1. The van der Waals surface area contributed by atoms with Gasteiger partial charge >= 0.3 is 6.18 Å². The van der Waals surface area contributed by atoms with Crippen LogP contribution in [0.15, 0.2) is 12.4 Å². The first-order valence-electron chi connectivity index (χ1n) is 11.0. The van der Waals surface area contributed by atoms with Crippen LogP contribution in [-0.2, 0) is 17.5 Å². The minimum absolute atomic E-state index is 0.0481. The number of likely N-dealkylation sites (tertiary alicyclic amines) is 1. The maximum atomic E-state index is 13.5. The predicted molar refractivity (Wildman–Crippen MR) is 119 cm³/mol. The van der Waals surface area contributed by atoms with Gasteiger partial charge in [0.05, 0.1) is 17.9 Å². The summed E-state index contributed by atoms with van der Waals surface area (Å²) in [5.41, 5.74) is 0.390. The van der Waals surface area contributed by atoms with E-state index in [0.29, 0.717) is 43.9 Å². The van der Waals surface area contributed by atoms with E-state index in [1.54, 1.807) is 22.7 Å². The number of hydrogen-bond donors (Lipinski definition) is 2. The fourth-order valence-corrected chi connectivity index (χ4v) is 3.54. The van der Waals surface area contributed by atoms with E-state index in [-0.39, 0.29) is 24.2 Å². The average Bonchev–Trinajstić information content (AvgIpc) is 3.09. The van der Waals surface area contributed by atoms with Crippen LogP contribution in [0.3, 0.4) is 0 Å². The zero-order chi connectivity index (χ0) is 24.0. The molecule has 12 heteroatoms. The van der Waals surface area contributed by atoms with Crippen LogP contribution in [0.4, 0.5) is 30.6 Å². The average molecular weight is 469 g/mol. The van der Waals surface area contributed by atoms with Crippen LogP contribution in [0.25, 0.3) is 0 Å². The van der Waals surface area contributed by atoms with E-state index in [1.165, 1.54) is 0 Å². The molecule has 1 aliphatic heterocycles. The molecule has 1 amide bonds. The summed E-state index contributed by atoms with van der Waals surface area (Å²) in [6.45, 7) is 4.75. The molecule has 2 aromatic rings. The monoisotopic (exact) mass is 468 g/mol. The Kier molecular flexibility index (Phi) is 8.11. The summed E-state index contributed by atoms with van der Waals surface area (Å²) in [5, 5.41) is 10.2. The zero-order valence-corrected chi connectivity index (χ0v) is 19.2. The van der Waals surface area contributed by atoms with E-state index in [0.717, 1.165) is 25.6 Å². The first kappa shape index (κ1) is 24.7. The smallest absolute Gasteiger partial charge is 0.369 e. The minimum atomic E-state index is -4.59. The number of nitrogens with one attached hydrogen (secondary N) is 2. The Hall–Kier alpha value is -2.89. The molecule has 33 heavy (non-hydrogen) atoms. The highest BCUT2D eigenvalue weighted by Gasteiger charge is 2.35. The van der Waals surface area contributed by atoms with Gasteiger partial charge in [-0.3, -0.25) is 9.48 Å². The molecule has 0 aliphatic carbocycles. The van der Waals surface area contributed by atoms with Gasteiger partial charge in [0.15, 0.2) is 0 Å². The van der Waals surface area contributed by atoms with E-state index >= 15 is 0 Å². The van der Waals surface area contributed by atoms with Gasteiger partial charge in [-0.1, -0.05) is 0 Å². The lowest BCUT2D eigenvalue weighted by Gasteiger charge is -2.26. The zero-order valence-electron chi connectivity index (χ0n) is 19.2. The van der Waals surface area contributed by atoms with Crippen LogP contribution in [0.2, 0.25) is 0 Å². The van der Waals surface area contributed by atoms with Crippen LogP contribution >= 0.6 is 0 Å². The van der Waals surface area contributed by atoms with Crippen molar-refractivity contribution in [3.63, 3.8) is 0 Å². The molecule has 0 unspecified atom stereocenters. The number of halogens is 3. The Bertz CT molecular complexity index is 944. The minimum Gasteiger partial charge on any atom is -0.369 e. The highest BCUT2D eigenvalue weighted by molar-refractivity contribution is 5.76. The molecule has 182 valence electrons. The normalized spacial score (nSPS) is 14.8. The van der Waals surface area contributed by atoms with Gasteiger partial charge in [0.1, 0.15) is 11.4 Å². The Morgan fingerprint density at radius 1 is 1.21 bits per heavy atom. The van der Waals surface area contributed by atoms with Crippen molar-refractivity contribution in [2.75, 3.05) is 50.9 Å². The topological polar surface area (TPSA) is 91.2 Å². The van der Waals surface area contributed by atoms with Gasteiger partial charge in [-0.15, -0.1) is 0 Å². The molecule has 3 rings (SSSR count). The standard InChI is InChI=1S/C21H31F3N8O/c1-15-17(14-32(29-15)12-11-30(2)3)27-20-26-13-16(21(22,23)24)19(28-20)25-8-6-10-31-9-5-4-7-18(31)33/h13-14H,4-12H2,1-3H3,(H2,25,26,27,28). The quantitative estimate of drug-likeness (QED) is 0.518. The van der Waals surface area contributed by atoms with Crippen molar-refractivity contribution in [1.29, 1.82) is 0 Å². The fraction of sp³-hybridized carbons (Fsp3) is 0.619. The third kappa shape index (κ3) is 7.04. The second-order valence-corrected chi connectivity index (χ2v) is 8.39. The summed E-state index contributed by atoms with van der Waals surface area (Å²) in [6, 6.07) is 0. The molecule has 1 aliphatic rings. The van der Waals surface area contributed by atoms with Gasteiger partial charge in [0.2, 0.25) is 11.9 Å². The fourth-order valence-electron chi connectivity index (χ4n) is 3.54. The number of rotatable bonds is 10. The molecule has 0 aromatic carbocycles. The molecule has 0 saturated carbocycles. The van der Waals surface area contributed by atoms with Gasteiger partial charge in [-0.05, 0) is 40.3 Å². The van der Waals surface area contributed by atoms with Crippen LogP contribution < -0.4 is 10.6 Å². The molecule has 0 spiro atoms. The van der Waals surface area contributed by atoms with Gasteiger partial charge in [0, 0.05) is 45.0 Å². The maximum absolute atomic E-state index is 13.5. The molecule has 0 radical (unpaired) electrons. The molecule has 0 atom stereocenters. The predicted octanol–water partition coefficient (Wildman–Crippen LogP) is 3.12. The first-order valence-corrected chi connectivity index (χ1v) is 11.0. The summed E-state index contributed by atoms with van der Waals surface area (Å²) in [4.78, 5) is 23.6. The molecular weight excluding hydrogens is 437 g/mol. The van der Waals surface area contributed by atoms with Crippen LogP contribution in [0.5, 0.6) is 0 Å². The third-order valence-electron chi connectivity index (χ3n) is 5.38. The molecule has 1 fully saturated rings. The number of anilines is 3. The van der Waals surface area contributed by atoms with E-state index in [9.17, 15) is 18.0 Å². The Labute approximate surface area is 191 Å². The Morgan fingerprint density at radius 3 is 2.70 bits per heavy atom. The van der Waals surface area contributed by atoms with Crippen LogP contribution in [-0.4, -0.2) is 75.7 Å². The Morgan fingerprint density at radius 2 is 2.00 bits per heavy atom. The summed E-state index contributed by atoms with van der Waals surface area (Å²) >= 11 is 0. The Balaban J connectivity index is 1.66. The highest BCUT2D eigenvalue weighted by Crippen LogP contribution is 2.34. The number of carbonyl (C=O) groups is 1. The van der Waals surface area contributed by atoms with Crippen molar-refractivity contribution in [3.8, 4) is 0 Å². The van der Waals surface area contributed by atoms with E-state index in [4.69, 9.17) is 0 Å². The highest BCUT2D eigenvalue weighted by atomic mass is 19.4. The van der Waals surface area contributed by atoms with Crippen LogP contribution in [0.1, 0.15) is 36.9 Å². The molecule has 9 nitrogen and oxygen atoms in total. The molecule has 2 aromatic heterocycles. The largest absolute Gasteiger partial charge is 0.421 e. The maximum Gasteiger partial charge on any atom is 0.421 e. The van der Waals surface area contributed by atoms with Crippen molar-refractivity contribution in [2.45, 2.75) is 45.3 Å². The molecule has 2 N–H and O–H groups in total. The number of amides is 1. The molecule has 1 saturated heterocycles. The van der Waals surface area contributed by atoms with E-state index < -0.39 is 11.7 Å². The SMILES string of the molecule is Cc1nn(CCN(C)C)cc1Nc1ncc(C(F)(F)F)c(NCCCN2CCCCC2=O)n1. The number of hydrogen-bond acceptors (Lipinski definition) is 7. The summed E-state index contributed by atoms with van der Waals surface area (Å²) in [7, 11) is 3.93. The van der Waals surface area contributed by atoms with E-state index in [2.05, 4.69) is 25.7 Å².